The molecule has 1 unspecified atom stereocenters. The van der Waals surface area contributed by atoms with Gasteiger partial charge in [0.15, 0.2) is 12.4 Å². The molecule has 0 bridgehead atoms. The fraction of sp³-hybridized carbons (Fsp3) is 0.250. The Balaban J connectivity index is 1.66. The molecule has 0 radical (unpaired) electrons. The fourth-order valence-electron chi connectivity index (χ4n) is 3.26. The predicted octanol–water partition coefficient (Wildman–Crippen LogP) is 1.53. The van der Waals surface area contributed by atoms with E-state index in [4.69, 9.17) is 29.8 Å². The number of fused-ring (bicyclic) bond motifs is 1. The molecule has 0 aromatic heterocycles. The quantitative estimate of drug-likeness (QED) is 0.401. The molecule has 35 heavy (non-hydrogen) atoms. The summed E-state index contributed by atoms with van der Waals surface area (Å²) in [6.07, 6.45) is 1.22. The highest BCUT2D eigenvalue weighted by Gasteiger charge is 2.28. The van der Waals surface area contributed by atoms with Crippen LogP contribution >= 0.6 is 0 Å². The number of hydrogen-bond acceptors (Lipinski definition) is 8. The number of carboxylic acid groups (broad SMARTS) is 1. The highest BCUT2D eigenvalue weighted by atomic mass is 16.5. The van der Waals surface area contributed by atoms with Gasteiger partial charge < -0.3 is 35.1 Å². The third-order valence-electron chi connectivity index (χ3n) is 5.05. The smallest absolute Gasteiger partial charge is 0.326 e. The van der Waals surface area contributed by atoms with E-state index in [2.05, 4.69) is 5.32 Å². The molecule has 2 amide bonds. The molecule has 2 aromatic carbocycles. The minimum atomic E-state index is -1.29. The molecule has 184 valence electrons. The van der Waals surface area contributed by atoms with Crippen LogP contribution in [0.4, 0.5) is 0 Å². The van der Waals surface area contributed by atoms with Crippen molar-refractivity contribution >= 4 is 29.6 Å². The maximum Gasteiger partial charge on any atom is 0.326 e. The third kappa shape index (κ3) is 6.28. The molecule has 11 heteroatoms. The van der Waals surface area contributed by atoms with Crippen LogP contribution in [0.1, 0.15) is 28.8 Å². The van der Waals surface area contributed by atoms with Crippen LogP contribution in [0.3, 0.4) is 0 Å². The first-order valence-electron chi connectivity index (χ1n) is 10.5. The number of hydrogen-bond donors (Lipinski definition) is 3. The van der Waals surface area contributed by atoms with E-state index in [0.717, 1.165) is 0 Å². The molecule has 0 aliphatic carbocycles. The Morgan fingerprint density at radius 2 is 1.86 bits per heavy atom. The average molecular weight is 484 g/mol. The number of primary amides is 1. The van der Waals surface area contributed by atoms with E-state index < -0.39 is 30.4 Å². The molecule has 0 saturated heterocycles. The highest BCUT2D eigenvalue weighted by Crippen LogP contribution is 2.36. The van der Waals surface area contributed by atoms with Crippen LogP contribution in [0.15, 0.2) is 42.2 Å². The standard InChI is InChI=1S/C24H24N2O9/c1-32-14-4-3-13(18(10-14)33-2)9-20-23(29)16-6-5-15(11-19(16)35-20)34-12-22(28)26-17(24(30)31)7-8-21(25)27/h3-6,9-11,17H,7-8,12H2,1-2H3,(H2,25,27)(H,26,28)(H,30,31). The number of benzene rings is 2. The van der Waals surface area contributed by atoms with Gasteiger partial charge in [-0.05, 0) is 36.8 Å². The second kappa shape index (κ2) is 11.1. The molecule has 1 aliphatic heterocycles. The summed E-state index contributed by atoms with van der Waals surface area (Å²) in [5.41, 5.74) is 5.95. The number of ether oxygens (including phenoxy) is 4. The second-order valence-electron chi connectivity index (χ2n) is 7.46. The minimum absolute atomic E-state index is 0.0807. The number of carboxylic acids is 1. The van der Waals surface area contributed by atoms with E-state index >= 15 is 0 Å². The van der Waals surface area contributed by atoms with Crippen molar-refractivity contribution in [2.75, 3.05) is 20.8 Å². The van der Waals surface area contributed by atoms with Gasteiger partial charge in [0.2, 0.25) is 11.7 Å². The van der Waals surface area contributed by atoms with Gasteiger partial charge in [0, 0.05) is 24.1 Å². The van der Waals surface area contributed by atoms with Crippen LogP contribution < -0.4 is 30.0 Å². The zero-order valence-electron chi connectivity index (χ0n) is 19.0. The van der Waals surface area contributed by atoms with Gasteiger partial charge in [-0.15, -0.1) is 0 Å². The maximum absolute atomic E-state index is 12.7. The number of amides is 2. The van der Waals surface area contributed by atoms with Crippen molar-refractivity contribution in [3.05, 3.63) is 53.3 Å². The summed E-state index contributed by atoms with van der Waals surface area (Å²) in [5.74, 6) is -1.35. The number of rotatable bonds is 11. The molecule has 0 fully saturated rings. The van der Waals surface area contributed by atoms with Crippen molar-refractivity contribution in [1.82, 2.24) is 5.32 Å². The Bertz CT molecular complexity index is 1190. The number of Topliss-reactive ketones (excluding diaryl/α,β-unsaturated/α-hetero) is 1. The highest BCUT2D eigenvalue weighted by molar-refractivity contribution is 6.14. The van der Waals surface area contributed by atoms with E-state index in [1.54, 1.807) is 24.3 Å². The minimum Gasteiger partial charge on any atom is -0.497 e. The van der Waals surface area contributed by atoms with Crippen LogP contribution in [0.5, 0.6) is 23.0 Å². The van der Waals surface area contributed by atoms with Gasteiger partial charge in [0.1, 0.15) is 29.0 Å². The van der Waals surface area contributed by atoms with Crippen molar-refractivity contribution in [3.8, 4) is 23.0 Å². The number of nitrogens with two attached hydrogens (primary N) is 1. The summed E-state index contributed by atoms with van der Waals surface area (Å²) in [4.78, 5) is 46.9. The number of ketones is 1. The average Bonchev–Trinajstić information content (AvgIpc) is 3.14. The van der Waals surface area contributed by atoms with Gasteiger partial charge in [-0.1, -0.05) is 0 Å². The Hall–Kier alpha value is -4.54. The molecule has 1 aliphatic rings. The lowest BCUT2D eigenvalue weighted by Gasteiger charge is -2.14. The predicted molar refractivity (Wildman–Crippen MR) is 122 cm³/mol. The number of allylic oxidation sites excluding steroid dienone is 1. The maximum atomic E-state index is 12.7. The molecule has 1 atom stereocenters. The molecule has 0 spiro atoms. The molecular weight excluding hydrogens is 460 g/mol. The first-order valence-corrected chi connectivity index (χ1v) is 10.5. The molecular formula is C24H24N2O9. The summed E-state index contributed by atoms with van der Waals surface area (Å²) >= 11 is 0. The second-order valence-corrected chi connectivity index (χ2v) is 7.46. The Labute approximate surface area is 200 Å². The summed E-state index contributed by atoms with van der Waals surface area (Å²) in [5, 5.41) is 11.4. The third-order valence-corrected chi connectivity index (χ3v) is 5.05. The summed E-state index contributed by atoms with van der Waals surface area (Å²) in [6, 6.07) is 8.30. The van der Waals surface area contributed by atoms with Gasteiger partial charge in [0.05, 0.1) is 19.8 Å². The van der Waals surface area contributed by atoms with E-state index in [1.807, 2.05) is 0 Å². The molecule has 1 heterocycles. The lowest BCUT2D eigenvalue weighted by Crippen LogP contribution is -2.43. The van der Waals surface area contributed by atoms with Crippen LogP contribution in [-0.4, -0.2) is 55.5 Å². The lowest BCUT2D eigenvalue weighted by atomic mass is 10.1. The number of aliphatic carboxylic acids is 1. The van der Waals surface area contributed by atoms with Crippen LogP contribution in [-0.2, 0) is 14.4 Å². The molecule has 4 N–H and O–H groups in total. The Morgan fingerprint density at radius 1 is 1.11 bits per heavy atom. The molecule has 2 aromatic rings. The van der Waals surface area contributed by atoms with Gasteiger partial charge in [-0.25, -0.2) is 4.79 Å². The van der Waals surface area contributed by atoms with Crippen molar-refractivity contribution in [1.29, 1.82) is 0 Å². The van der Waals surface area contributed by atoms with Gasteiger partial charge in [0.25, 0.3) is 5.91 Å². The van der Waals surface area contributed by atoms with E-state index in [9.17, 15) is 19.2 Å². The largest absolute Gasteiger partial charge is 0.497 e. The monoisotopic (exact) mass is 484 g/mol. The van der Waals surface area contributed by atoms with Crippen molar-refractivity contribution in [2.24, 2.45) is 5.73 Å². The van der Waals surface area contributed by atoms with Crippen LogP contribution in [0.25, 0.3) is 6.08 Å². The number of carbonyl (C=O) groups is 4. The van der Waals surface area contributed by atoms with Gasteiger partial charge in [-0.2, -0.15) is 0 Å². The Morgan fingerprint density at radius 3 is 2.51 bits per heavy atom. The zero-order valence-corrected chi connectivity index (χ0v) is 19.0. The SMILES string of the molecule is COc1ccc(C=C2Oc3cc(OCC(=O)NC(CCC(N)=O)C(=O)O)ccc3C2=O)c(OC)c1. The summed E-state index contributed by atoms with van der Waals surface area (Å²) < 4.78 is 21.6. The molecule has 0 saturated carbocycles. The lowest BCUT2D eigenvalue weighted by molar-refractivity contribution is -0.142. The van der Waals surface area contributed by atoms with Crippen molar-refractivity contribution in [2.45, 2.75) is 18.9 Å². The van der Waals surface area contributed by atoms with E-state index in [0.29, 0.717) is 22.6 Å². The zero-order chi connectivity index (χ0) is 25.5. The Kier molecular flexibility index (Phi) is 7.92. The van der Waals surface area contributed by atoms with Crippen molar-refractivity contribution in [3.63, 3.8) is 0 Å². The van der Waals surface area contributed by atoms with Crippen LogP contribution in [0, 0.1) is 0 Å². The van der Waals surface area contributed by atoms with Crippen molar-refractivity contribution < 1.29 is 43.2 Å². The molecule has 11 nitrogen and oxygen atoms in total. The summed E-state index contributed by atoms with van der Waals surface area (Å²) in [6.45, 7) is -0.487. The van der Waals surface area contributed by atoms with E-state index in [-0.39, 0.29) is 35.9 Å². The normalized spacial score (nSPS) is 14.0. The molecule has 3 rings (SSSR count). The van der Waals surface area contributed by atoms with Gasteiger partial charge >= 0.3 is 5.97 Å². The van der Waals surface area contributed by atoms with Crippen LogP contribution in [0.2, 0.25) is 0 Å². The van der Waals surface area contributed by atoms with Gasteiger partial charge in [-0.3, -0.25) is 14.4 Å². The topological polar surface area (TPSA) is 163 Å². The fourth-order valence-corrected chi connectivity index (χ4v) is 3.26. The number of methoxy groups -OCH3 is 2. The summed E-state index contributed by atoms with van der Waals surface area (Å²) in [7, 11) is 3.03. The number of carbonyl (C=O) groups excluding carboxylic acids is 3. The number of nitrogens with one attached hydrogen (secondary N) is 1. The van der Waals surface area contributed by atoms with E-state index in [1.165, 1.54) is 32.4 Å². The first kappa shape index (κ1) is 25.1. The first-order chi connectivity index (χ1) is 16.7.